The van der Waals surface area contributed by atoms with Crippen molar-refractivity contribution < 1.29 is 19.1 Å². The third-order valence-corrected chi connectivity index (χ3v) is 6.32. The molecule has 1 aromatic rings. The van der Waals surface area contributed by atoms with E-state index < -0.39 is 5.97 Å². The van der Waals surface area contributed by atoms with Crippen LogP contribution in [0.5, 0.6) is 0 Å². The Morgan fingerprint density at radius 1 is 1.03 bits per heavy atom. The highest BCUT2D eigenvalue weighted by Gasteiger charge is 2.32. The van der Waals surface area contributed by atoms with Gasteiger partial charge in [-0.15, -0.1) is 0 Å². The SMILES string of the molecule is COC(=O)c1c(C)[nH]c(C(=O)N2CCC[C@@H](C(=O)NC3CCCCCC3)C2)c1C. The number of rotatable bonds is 4. The predicted octanol–water partition coefficient (Wildman–Crippen LogP) is 3.11. The van der Waals surface area contributed by atoms with E-state index in [0.29, 0.717) is 35.6 Å². The summed E-state index contributed by atoms with van der Waals surface area (Å²) in [6.45, 7) is 4.55. The number of nitrogens with one attached hydrogen (secondary N) is 2. The summed E-state index contributed by atoms with van der Waals surface area (Å²) in [5.41, 5.74) is 2.05. The number of methoxy groups -OCH3 is 1. The van der Waals surface area contributed by atoms with Crippen LogP contribution in [0.4, 0.5) is 0 Å². The molecular weight excluding hydrogens is 370 g/mol. The second-order valence-corrected chi connectivity index (χ2v) is 8.40. The molecule has 2 heterocycles. The van der Waals surface area contributed by atoms with Crippen LogP contribution in [0.25, 0.3) is 0 Å². The minimum absolute atomic E-state index is 0.0732. The average Bonchev–Trinajstić information content (AvgIpc) is 2.89. The van der Waals surface area contributed by atoms with Gasteiger partial charge in [0.1, 0.15) is 5.69 Å². The number of carbonyl (C=O) groups is 3. The molecule has 2 fully saturated rings. The lowest BCUT2D eigenvalue weighted by Gasteiger charge is -2.33. The number of aromatic amines is 1. The first kappa shape index (κ1) is 21.4. The summed E-state index contributed by atoms with van der Waals surface area (Å²) in [6, 6.07) is 0.270. The van der Waals surface area contributed by atoms with Crippen molar-refractivity contribution in [2.75, 3.05) is 20.2 Å². The van der Waals surface area contributed by atoms with Gasteiger partial charge in [0.2, 0.25) is 5.91 Å². The fraction of sp³-hybridized carbons (Fsp3) is 0.682. The van der Waals surface area contributed by atoms with Crippen LogP contribution in [-0.4, -0.2) is 53.9 Å². The Balaban J connectivity index is 1.66. The van der Waals surface area contributed by atoms with Crippen molar-refractivity contribution in [3.05, 3.63) is 22.5 Å². The number of nitrogens with zero attached hydrogens (tertiary/aromatic N) is 1. The van der Waals surface area contributed by atoms with Gasteiger partial charge in [-0.3, -0.25) is 9.59 Å². The van der Waals surface area contributed by atoms with Crippen molar-refractivity contribution in [2.45, 2.75) is 71.3 Å². The average molecular weight is 404 g/mol. The normalized spacial score (nSPS) is 20.8. The van der Waals surface area contributed by atoms with Gasteiger partial charge in [-0.05, 0) is 45.1 Å². The lowest BCUT2D eigenvalue weighted by molar-refractivity contribution is -0.127. The number of carbonyl (C=O) groups excluding carboxylic acids is 3. The van der Waals surface area contributed by atoms with Crippen molar-refractivity contribution in [1.82, 2.24) is 15.2 Å². The zero-order chi connectivity index (χ0) is 21.0. The van der Waals surface area contributed by atoms with Crippen molar-refractivity contribution in [3.63, 3.8) is 0 Å². The zero-order valence-electron chi connectivity index (χ0n) is 17.8. The fourth-order valence-corrected chi connectivity index (χ4v) is 4.65. The van der Waals surface area contributed by atoms with Crippen LogP contribution in [0.3, 0.4) is 0 Å². The largest absolute Gasteiger partial charge is 0.465 e. The molecule has 0 unspecified atom stereocenters. The molecule has 29 heavy (non-hydrogen) atoms. The van der Waals surface area contributed by atoms with E-state index in [0.717, 1.165) is 25.7 Å². The highest BCUT2D eigenvalue weighted by Crippen LogP contribution is 2.24. The van der Waals surface area contributed by atoms with Crippen LogP contribution in [0, 0.1) is 19.8 Å². The Morgan fingerprint density at radius 2 is 1.72 bits per heavy atom. The maximum absolute atomic E-state index is 13.1. The van der Waals surface area contributed by atoms with Gasteiger partial charge in [0, 0.05) is 24.8 Å². The van der Waals surface area contributed by atoms with Gasteiger partial charge in [0.05, 0.1) is 18.6 Å². The van der Waals surface area contributed by atoms with E-state index in [-0.39, 0.29) is 23.8 Å². The molecule has 1 aliphatic heterocycles. The monoisotopic (exact) mass is 403 g/mol. The van der Waals surface area contributed by atoms with Crippen LogP contribution in [0.1, 0.15) is 83.5 Å². The molecule has 1 atom stereocenters. The molecule has 7 nitrogen and oxygen atoms in total. The molecule has 1 aromatic heterocycles. The van der Waals surface area contributed by atoms with Crippen molar-refractivity contribution >= 4 is 17.8 Å². The van der Waals surface area contributed by atoms with Gasteiger partial charge in [-0.25, -0.2) is 4.79 Å². The van der Waals surface area contributed by atoms with Crippen LogP contribution in [0.15, 0.2) is 0 Å². The van der Waals surface area contributed by atoms with Gasteiger partial charge in [0.15, 0.2) is 0 Å². The van der Waals surface area contributed by atoms with Crippen molar-refractivity contribution in [1.29, 1.82) is 0 Å². The molecule has 2 N–H and O–H groups in total. The molecule has 2 aliphatic rings. The summed E-state index contributed by atoms with van der Waals surface area (Å²) in [6.07, 6.45) is 8.57. The van der Waals surface area contributed by atoms with Crippen molar-refractivity contribution in [3.8, 4) is 0 Å². The molecule has 7 heteroatoms. The van der Waals surface area contributed by atoms with Crippen LogP contribution < -0.4 is 5.32 Å². The summed E-state index contributed by atoms with van der Waals surface area (Å²) < 4.78 is 4.83. The summed E-state index contributed by atoms with van der Waals surface area (Å²) >= 11 is 0. The second-order valence-electron chi connectivity index (χ2n) is 8.40. The van der Waals surface area contributed by atoms with E-state index in [1.165, 1.54) is 32.8 Å². The number of H-pyrrole nitrogens is 1. The first-order valence-corrected chi connectivity index (χ1v) is 10.8. The van der Waals surface area contributed by atoms with Crippen LogP contribution >= 0.6 is 0 Å². The molecular formula is C22H33N3O4. The van der Waals surface area contributed by atoms with E-state index >= 15 is 0 Å². The first-order chi connectivity index (χ1) is 13.9. The molecule has 160 valence electrons. The molecule has 0 radical (unpaired) electrons. The van der Waals surface area contributed by atoms with E-state index in [1.54, 1.807) is 18.7 Å². The van der Waals surface area contributed by atoms with Gasteiger partial charge in [-0.1, -0.05) is 25.7 Å². The third-order valence-electron chi connectivity index (χ3n) is 6.32. The number of hydrogen-bond acceptors (Lipinski definition) is 4. The maximum atomic E-state index is 13.1. The molecule has 1 saturated carbocycles. The number of esters is 1. The lowest BCUT2D eigenvalue weighted by atomic mass is 9.95. The molecule has 1 saturated heterocycles. The summed E-state index contributed by atoms with van der Waals surface area (Å²) in [4.78, 5) is 42.7. The number of amides is 2. The highest BCUT2D eigenvalue weighted by atomic mass is 16.5. The number of aromatic nitrogens is 1. The van der Waals surface area contributed by atoms with E-state index in [4.69, 9.17) is 4.74 Å². The summed E-state index contributed by atoms with van der Waals surface area (Å²) in [5, 5.41) is 3.23. The third kappa shape index (κ3) is 4.82. The number of ether oxygens (including phenoxy) is 1. The Kier molecular flexibility index (Phi) is 6.98. The van der Waals surface area contributed by atoms with Gasteiger partial charge >= 0.3 is 5.97 Å². The first-order valence-electron chi connectivity index (χ1n) is 10.8. The van der Waals surface area contributed by atoms with Gasteiger partial charge in [-0.2, -0.15) is 0 Å². The topological polar surface area (TPSA) is 91.5 Å². The Hall–Kier alpha value is -2.31. The number of hydrogen-bond donors (Lipinski definition) is 2. The minimum Gasteiger partial charge on any atom is -0.465 e. The maximum Gasteiger partial charge on any atom is 0.339 e. The zero-order valence-corrected chi connectivity index (χ0v) is 17.8. The second kappa shape index (κ2) is 9.46. The minimum atomic E-state index is -0.449. The summed E-state index contributed by atoms with van der Waals surface area (Å²) in [7, 11) is 1.33. The molecule has 3 rings (SSSR count). The summed E-state index contributed by atoms with van der Waals surface area (Å²) in [5.74, 6) is -0.709. The standard InChI is InChI=1S/C22H33N3O4/c1-14-18(22(28)29-3)15(2)23-19(14)21(27)25-12-8-9-16(13-25)20(26)24-17-10-6-4-5-7-11-17/h16-17,23H,4-13H2,1-3H3,(H,24,26)/t16-/m1/s1. The van der Waals surface area contributed by atoms with E-state index in [9.17, 15) is 14.4 Å². The smallest absolute Gasteiger partial charge is 0.339 e. The number of likely N-dealkylation sites (tertiary alicyclic amines) is 1. The molecule has 0 aromatic carbocycles. The van der Waals surface area contributed by atoms with E-state index in [1.807, 2.05) is 0 Å². The predicted molar refractivity (Wildman–Crippen MR) is 110 cm³/mol. The Labute approximate surface area is 172 Å². The van der Waals surface area contributed by atoms with E-state index in [2.05, 4.69) is 10.3 Å². The molecule has 2 amide bonds. The molecule has 1 aliphatic carbocycles. The van der Waals surface area contributed by atoms with Crippen molar-refractivity contribution in [2.24, 2.45) is 5.92 Å². The Bertz CT molecular complexity index is 762. The highest BCUT2D eigenvalue weighted by molar-refractivity contribution is 6.00. The van der Waals surface area contributed by atoms with Crippen LogP contribution in [-0.2, 0) is 9.53 Å². The Morgan fingerprint density at radius 3 is 2.38 bits per heavy atom. The molecule has 0 bridgehead atoms. The molecule has 0 spiro atoms. The van der Waals surface area contributed by atoms with Crippen LogP contribution in [0.2, 0.25) is 0 Å². The quantitative estimate of drug-likeness (QED) is 0.597. The van der Waals surface area contributed by atoms with Gasteiger partial charge < -0.3 is 19.9 Å². The number of aryl methyl sites for hydroxylation is 1. The van der Waals surface area contributed by atoms with Gasteiger partial charge in [0.25, 0.3) is 5.91 Å². The lowest BCUT2D eigenvalue weighted by Crippen LogP contribution is -2.47. The number of piperidine rings is 1. The fourth-order valence-electron chi connectivity index (χ4n) is 4.65.